The maximum absolute atomic E-state index is 14.0. The zero-order valence-corrected chi connectivity index (χ0v) is 17.5. The van der Waals surface area contributed by atoms with E-state index in [0.29, 0.717) is 0 Å². The van der Waals surface area contributed by atoms with Crippen molar-refractivity contribution in [3.05, 3.63) is 77.6 Å². The standard InChI is InChI=1S/C22H17F4N5O3/c1-31-9-8-27-18(31)21(19(33)29-20(34)30-21)11-28-17(32)16-10-14(23)6-7-15(16)12-2-4-13(5-3-12)22(24,25)26/h2-10H,11H2,1H3,(H,28,32)(H2,29,30,33,34). The lowest BCUT2D eigenvalue weighted by Crippen LogP contribution is -2.54. The van der Waals surface area contributed by atoms with Crippen LogP contribution in [0.5, 0.6) is 0 Å². The number of imidazole rings is 1. The van der Waals surface area contributed by atoms with Gasteiger partial charge in [0.05, 0.1) is 17.7 Å². The Hall–Kier alpha value is -4.22. The smallest absolute Gasteiger partial charge is 0.349 e. The number of imide groups is 1. The van der Waals surface area contributed by atoms with Gasteiger partial charge in [0.15, 0.2) is 5.54 Å². The van der Waals surface area contributed by atoms with Gasteiger partial charge in [-0.15, -0.1) is 0 Å². The van der Waals surface area contributed by atoms with Crippen molar-refractivity contribution in [3.63, 3.8) is 0 Å². The molecule has 0 radical (unpaired) electrons. The quantitative estimate of drug-likeness (QED) is 0.390. The molecule has 1 aliphatic rings. The summed E-state index contributed by atoms with van der Waals surface area (Å²) in [6.07, 6.45) is -1.58. The lowest BCUT2D eigenvalue weighted by Gasteiger charge is -2.26. The van der Waals surface area contributed by atoms with Crippen molar-refractivity contribution in [2.45, 2.75) is 11.7 Å². The molecule has 1 fully saturated rings. The number of carbonyl (C=O) groups excluding carboxylic acids is 3. The fraction of sp³-hybridized carbons (Fsp3) is 0.182. The highest BCUT2D eigenvalue weighted by Crippen LogP contribution is 2.32. The Balaban J connectivity index is 1.65. The predicted molar refractivity (Wildman–Crippen MR) is 111 cm³/mol. The van der Waals surface area contributed by atoms with Crippen LogP contribution in [0.15, 0.2) is 54.9 Å². The summed E-state index contributed by atoms with van der Waals surface area (Å²) in [7, 11) is 1.60. The summed E-state index contributed by atoms with van der Waals surface area (Å²) in [6, 6.07) is 6.56. The van der Waals surface area contributed by atoms with E-state index in [0.717, 1.165) is 24.3 Å². The van der Waals surface area contributed by atoms with Crippen LogP contribution in [0, 0.1) is 5.82 Å². The SMILES string of the molecule is Cn1ccnc1C1(CNC(=O)c2cc(F)ccc2-c2ccc(C(F)(F)F)cc2)NC(=O)NC1=O. The molecule has 12 heteroatoms. The van der Waals surface area contributed by atoms with Crippen LogP contribution in [0.1, 0.15) is 21.7 Å². The molecule has 2 heterocycles. The summed E-state index contributed by atoms with van der Waals surface area (Å²) in [4.78, 5) is 41.6. The summed E-state index contributed by atoms with van der Waals surface area (Å²) < 4.78 is 54.1. The molecule has 1 aliphatic heterocycles. The molecule has 0 saturated carbocycles. The topological polar surface area (TPSA) is 105 Å². The molecule has 3 aromatic rings. The van der Waals surface area contributed by atoms with Gasteiger partial charge in [0.1, 0.15) is 11.6 Å². The van der Waals surface area contributed by atoms with Crippen molar-refractivity contribution in [3.8, 4) is 11.1 Å². The van der Waals surface area contributed by atoms with Gasteiger partial charge in [-0.2, -0.15) is 13.2 Å². The third kappa shape index (κ3) is 4.09. The summed E-state index contributed by atoms with van der Waals surface area (Å²) in [5.41, 5.74) is -2.32. The number of nitrogens with zero attached hydrogens (tertiary/aromatic N) is 2. The Morgan fingerprint density at radius 1 is 1.15 bits per heavy atom. The number of benzene rings is 2. The fourth-order valence-corrected chi connectivity index (χ4v) is 3.73. The number of amides is 4. The van der Waals surface area contributed by atoms with Gasteiger partial charge in [-0.1, -0.05) is 18.2 Å². The Labute approximate surface area is 190 Å². The molecule has 1 saturated heterocycles. The number of halogens is 4. The Bertz CT molecular complexity index is 1290. The molecule has 1 aromatic heterocycles. The van der Waals surface area contributed by atoms with Crippen LogP contribution < -0.4 is 16.0 Å². The summed E-state index contributed by atoms with van der Waals surface area (Å²) in [6.45, 7) is -0.419. The summed E-state index contributed by atoms with van der Waals surface area (Å²) in [5, 5.41) is 7.08. The van der Waals surface area contributed by atoms with Crippen molar-refractivity contribution >= 4 is 17.8 Å². The van der Waals surface area contributed by atoms with E-state index in [9.17, 15) is 31.9 Å². The monoisotopic (exact) mass is 475 g/mol. The van der Waals surface area contributed by atoms with E-state index in [2.05, 4.69) is 20.9 Å². The van der Waals surface area contributed by atoms with E-state index in [1.165, 1.54) is 29.0 Å². The minimum atomic E-state index is -4.53. The Morgan fingerprint density at radius 2 is 1.85 bits per heavy atom. The first-order valence-electron chi connectivity index (χ1n) is 9.88. The zero-order chi connectivity index (χ0) is 24.7. The van der Waals surface area contributed by atoms with Crippen LogP contribution >= 0.6 is 0 Å². The highest BCUT2D eigenvalue weighted by Gasteiger charge is 2.50. The lowest BCUT2D eigenvalue weighted by molar-refractivity contribution is -0.137. The molecule has 1 atom stereocenters. The lowest BCUT2D eigenvalue weighted by atomic mass is 9.96. The van der Waals surface area contributed by atoms with Crippen LogP contribution in [0.4, 0.5) is 22.4 Å². The minimum absolute atomic E-state index is 0.151. The van der Waals surface area contributed by atoms with Crippen molar-refractivity contribution in [1.82, 2.24) is 25.5 Å². The minimum Gasteiger partial charge on any atom is -0.349 e. The van der Waals surface area contributed by atoms with Gasteiger partial charge in [0, 0.05) is 19.4 Å². The molecule has 4 amide bonds. The van der Waals surface area contributed by atoms with E-state index >= 15 is 0 Å². The van der Waals surface area contributed by atoms with E-state index in [1.807, 2.05) is 0 Å². The molecule has 0 aliphatic carbocycles. The first kappa shape index (κ1) is 23.0. The van der Waals surface area contributed by atoms with Crippen molar-refractivity contribution in [2.24, 2.45) is 7.05 Å². The molecule has 1 unspecified atom stereocenters. The van der Waals surface area contributed by atoms with Crippen molar-refractivity contribution in [1.29, 1.82) is 0 Å². The van der Waals surface area contributed by atoms with Gasteiger partial charge < -0.3 is 15.2 Å². The third-order valence-corrected chi connectivity index (χ3v) is 5.41. The number of carbonyl (C=O) groups is 3. The third-order valence-electron chi connectivity index (χ3n) is 5.41. The second kappa shape index (κ2) is 8.28. The summed E-state index contributed by atoms with van der Waals surface area (Å²) in [5.74, 6) is -2.14. The number of rotatable bonds is 5. The molecule has 2 aromatic carbocycles. The van der Waals surface area contributed by atoms with Gasteiger partial charge >= 0.3 is 12.2 Å². The van der Waals surface area contributed by atoms with Gasteiger partial charge in [0.2, 0.25) is 0 Å². The van der Waals surface area contributed by atoms with Crippen LogP contribution in [0.2, 0.25) is 0 Å². The molecule has 4 rings (SSSR count). The fourth-order valence-electron chi connectivity index (χ4n) is 3.73. The van der Waals surface area contributed by atoms with Crippen LogP contribution in [0.25, 0.3) is 11.1 Å². The number of aryl methyl sites for hydroxylation is 1. The number of urea groups is 1. The number of nitrogens with one attached hydrogen (secondary N) is 3. The molecule has 0 spiro atoms. The maximum Gasteiger partial charge on any atom is 0.416 e. The second-order valence-electron chi connectivity index (χ2n) is 7.62. The average Bonchev–Trinajstić information content (AvgIpc) is 3.34. The normalized spacial score (nSPS) is 17.9. The number of aromatic nitrogens is 2. The van der Waals surface area contributed by atoms with Gasteiger partial charge in [-0.25, -0.2) is 14.2 Å². The van der Waals surface area contributed by atoms with Gasteiger partial charge in [-0.05, 0) is 35.4 Å². The Kier molecular flexibility index (Phi) is 5.59. The largest absolute Gasteiger partial charge is 0.416 e. The molecular weight excluding hydrogens is 458 g/mol. The Morgan fingerprint density at radius 3 is 2.41 bits per heavy atom. The van der Waals surface area contributed by atoms with Crippen LogP contribution in [-0.2, 0) is 23.6 Å². The first-order valence-corrected chi connectivity index (χ1v) is 9.88. The average molecular weight is 475 g/mol. The van der Waals surface area contributed by atoms with Crippen LogP contribution in [-0.4, -0.2) is 33.9 Å². The molecule has 0 bridgehead atoms. The van der Waals surface area contributed by atoms with E-state index in [1.54, 1.807) is 13.2 Å². The van der Waals surface area contributed by atoms with Gasteiger partial charge in [0.25, 0.3) is 11.8 Å². The number of hydrogen-bond donors (Lipinski definition) is 3. The van der Waals surface area contributed by atoms with Crippen LogP contribution in [0.3, 0.4) is 0 Å². The van der Waals surface area contributed by atoms with Crippen molar-refractivity contribution in [2.75, 3.05) is 6.54 Å². The molecule has 3 N–H and O–H groups in total. The maximum atomic E-state index is 14.0. The molecule has 8 nitrogen and oxygen atoms in total. The van der Waals surface area contributed by atoms with E-state index in [-0.39, 0.29) is 22.5 Å². The van der Waals surface area contributed by atoms with Crippen molar-refractivity contribution < 1.29 is 31.9 Å². The van der Waals surface area contributed by atoms with E-state index < -0.39 is 47.5 Å². The first-order chi connectivity index (χ1) is 16.0. The molecular formula is C22H17F4N5O3. The second-order valence-corrected chi connectivity index (χ2v) is 7.62. The molecule has 176 valence electrons. The number of alkyl halides is 3. The predicted octanol–water partition coefficient (Wildman–Crippen LogP) is 2.71. The zero-order valence-electron chi connectivity index (χ0n) is 17.5. The van der Waals surface area contributed by atoms with E-state index in [4.69, 9.17) is 0 Å². The molecule has 34 heavy (non-hydrogen) atoms. The highest BCUT2D eigenvalue weighted by molar-refractivity contribution is 6.08. The van der Waals surface area contributed by atoms with Gasteiger partial charge in [-0.3, -0.25) is 14.9 Å². The number of hydrogen-bond acceptors (Lipinski definition) is 4. The highest BCUT2D eigenvalue weighted by atomic mass is 19.4. The summed E-state index contributed by atoms with van der Waals surface area (Å²) >= 11 is 0.